The van der Waals surface area contributed by atoms with Gasteiger partial charge >= 0.3 is 0 Å². The molecule has 1 aromatic heterocycles. The number of benzene rings is 3. The number of nitrogens with one attached hydrogen (secondary N) is 1. The van der Waals surface area contributed by atoms with Gasteiger partial charge in [0, 0.05) is 16.5 Å². The Hall–Kier alpha value is -1.89. The smallest absolute Gasteiger partial charge is 0.261 e. The first-order valence-electron chi connectivity index (χ1n) is 11.6. The van der Waals surface area contributed by atoms with Crippen LogP contribution in [0.5, 0.6) is 0 Å². The fourth-order valence-corrected chi connectivity index (χ4v) is 10.6. The first-order chi connectivity index (χ1) is 15.6. The van der Waals surface area contributed by atoms with E-state index >= 15 is 0 Å². The van der Waals surface area contributed by atoms with Crippen molar-refractivity contribution in [2.24, 2.45) is 5.41 Å². The molecule has 4 rings (SSSR count). The molecule has 2 nitrogen and oxygen atoms in total. The van der Waals surface area contributed by atoms with Gasteiger partial charge in [-0.2, -0.15) is 0 Å². The summed E-state index contributed by atoms with van der Waals surface area (Å²) in [7, 11) is -2.71. The molecule has 33 heavy (non-hydrogen) atoms. The highest BCUT2D eigenvalue weighted by Gasteiger charge is 2.53. The summed E-state index contributed by atoms with van der Waals surface area (Å²) in [5.74, 6) is 0. The van der Waals surface area contributed by atoms with E-state index < -0.39 is 8.32 Å². The number of para-hydroxylation sites is 1. The van der Waals surface area contributed by atoms with Crippen molar-refractivity contribution in [3.8, 4) is 0 Å². The Morgan fingerprint density at radius 1 is 0.727 bits per heavy atom. The van der Waals surface area contributed by atoms with Crippen LogP contribution < -0.4 is 10.4 Å². The second-order valence-electron chi connectivity index (χ2n) is 10.9. The van der Waals surface area contributed by atoms with E-state index in [1.807, 2.05) is 0 Å². The molecule has 1 N–H and O–H groups in total. The fraction of sp³-hybridized carbons (Fsp3) is 0.310. The summed E-state index contributed by atoms with van der Waals surface area (Å²) in [4.78, 5) is 3.61. The third-order valence-electron chi connectivity index (χ3n) is 6.46. The molecule has 0 spiro atoms. The second kappa shape index (κ2) is 9.04. The van der Waals surface area contributed by atoms with Crippen LogP contribution >= 0.6 is 22.6 Å². The van der Waals surface area contributed by atoms with Gasteiger partial charge in [-0.15, -0.1) is 0 Å². The molecular formula is C29H34INOSi. The lowest BCUT2D eigenvalue weighted by Gasteiger charge is -2.47. The summed E-state index contributed by atoms with van der Waals surface area (Å²) in [5.41, 5.74) is 2.33. The Bertz CT molecular complexity index is 1180. The first kappa shape index (κ1) is 24.2. The predicted molar refractivity (Wildman–Crippen MR) is 152 cm³/mol. The maximum Gasteiger partial charge on any atom is 0.261 e. The zero-order chi connectivity index (χ0) is 23.9. The monoisotopic (exact) mass is 567 g/mol. The fourth-order valence-electron chi connectivity index (χ4n) is 4.92. The van der Waals surface area contributed by atoms with Crippen molar-refractivity contribution in [3.05, 3.63) is 94.2 Å². The van der Waals surface area contributed by atoms with Crippen LogP contribution in [0.25, 0.3) is 10.9 Å². The molecule has 0 saturated carbocycles. The lowest BCUT2D eigenvalue weighted by molar-refractivity contribution is 0.0774. The third kappa shape index (κ3) is 4.45. The summed E-state index contributed by atoms with van der Waals surface area (Å²) in [6, 6.07) is 30.5. The summed E-state index contributed by atoms with van der Waals surface area (Å²) in [6.45, 7) is 13.9. The molecule has 1 unspecified atom stereocenters. The standard InChI is InChI=1S/C29H34INOSi/c1-28(2,3)26(25-23-19-13-14-20-24(23)31-27(25)30)32-33(29(4,5)6,21-15-9-7-10-16-21)22-17-11-8-12-18-22/h7-20,26,31H,1-6H3. The van der Waals surface area contributed by atoms with Gasteiger partial charge in [-0.1, -0.05) is 120 Å². The predicted octanol–water partition coefficient (Wildman–Crippen LogP) is 7.44. The van der Waals surface area contributed by atoms with E-state index in [0.717, 1.165) is 9.22 Å². The Morgan fingerprint density at radius 2 is 1.21 bits per heavy atom. The van der Waals surface area contributed by atoms with Crippen LogP contribution in [0, 0.1) is 9.12 Å². The van der Waals surface area contributed by atoms with Gasteiger partial charge in [0.15, 0.2) is 0 Å². The second-order valence-corrected chi connectivity index (χ2v) is 16.3. The minimum absolute atomic E-state index is 0.0727. The number of rotatable bonds is 5. The zero-order valence-corrected chi connectivity index (χ0v) is 23.6. The Balaban J connectivity index is 2.02. The molecule has 4 aromatic rings. The lowest BCUT2D eigenvalue weighted by atomic mass is 9.85. The number of aromatic nitrogens is 1. The topological polar surface area (TPSA) is 25.0 Å². The van der Waals surface area contributed by atoms with Gasteiger partial charge < -0.3 is 9.41 Å². The highest BCUT2D eigenvalue weighted by Crippen LogP contribution is 2.47. The summed E-state index contributed by atoms with van der Waals surface area (Å²) in [5, 5.41) is 3.80. The van der Waals surface area contributed by atoms with E-state index in [9.17, 15) is 0 Å². The first-order valence-corrected chi connectivity index (χ1v) is 14.6. The van der Waals surface area contributed by atoms with Gasteiger partial charge in [0.2, 0.25) is 0 Å². The normalized spacial score (nSPS) is 13.9. The van der Waals surface area contributed by atoms with E-state index in [1.54, 1.807) is 0 Å². The number of H-pyrrole nitrogens is 1. The maximum absolute atomic E-state index is 7.69. The Kier molecular flexibility index (Phi) is 6.64. The van der Waals surface area contributed by atoms with Gasteiger partial charge in [-0.3, -0.25) is 0 Å². The number of hydrogen-bond acceptors (Lipinski definition) is 1. The van der Waals surface area contributed by atoms with Gasteiger partial charge in [-0.05, 0) is 49.5 Å². The van der Waals surface area contributed by atoms with Gasteiger partial charge in [0.05, 0.1) is 9.80 Å². The van der Waals surface area contributed by atoms with E-state index in [4.69, 9.17) is 4.43 Å². The quantitative estimate of drug-likeness (QED) is 0.197. The van der Waals surface area contributed by atoms with Crippen LogP contribution in [0.15, 0.2) is 84.9 Å². The largest absolute Gasteiger partial charge is 0.400 e. The van der Waals surface area contributed by atoms with Crippen LogP contribution in [0.3, 0.4) is 0 Å². The average Bonchev–Trinajstić information content (AvgIpc) is 3.09. The molecule has 0 aliphatic rings. The van der Waals surface area contributed by atoms with Crippen molar-refractivity contribution < 1.29 is 4.43 Å². The lowest BCUT2D eigenvalue weighted by Crippen LogP contribution is -2.67. The summed E-state index contributed by atoms with van der Waals surface area (Å²) in [6.07, 6.45) is -0.0770. The van der Waals surface area contributed by atoms with Crippen LogP contribution in [0.1, 0.15) is 53.2 Å². The van der Waals surface area contributed by atoms with Gasteiger partial charge in [0.25, 0.3) is 8.32 Å². The van der Waals surface area contributed by atoms with Crippen LogP contribution in [-0.4, -0.2) is 13.3 Å². The SMILES string of the molecule is CC(C)(C)C(O[Si](c1ccccc1)(c1ccccc1)C(C)(C)C)c1c(I)[nH]c2ccccc12. The van der Waals surface area contributed by atoms with Gasteiger partial charge in [0.1, 0.15) is 0 Å². The van der Waals surface area contributed by atoms with E-state index in [0.29, 0.717) is 0 Å². The number of fused-ring (bicyclic) bond motifs is 1. The van der Waals surface area contributed by atoms with Crippen molar-refractivity contribution in [2.45, 2.75) is 52.7 Å². The molecule has 3 aromatic carbocycles. The van der Waals surface area contributed by atoms with Crippen molar-refractivity contribution >= 4 is 52.2 Å². The van der Waals surface area contributed by atoms with E-state index in [-0.39, 0.29) is 16.6 Å². The van der Waals surface area contributed by atoms with Crippen molar-refractivity contribution in [1.29, 1.82) is 0 Å². The van der Waals surface area contributed by atoms with E-state index in [1.165, 1.54) is 21.3 Å². The number of hydrogen-bond donors (Lipinski definition) is 1. The van der Waals surface area contributed by atoms with Crippen LogP contribution in [0.2, 0.25) is 5.04 Å². The minimum Gasteiger partial charge on any atom is -0.400 e. The molecule has 0 aliphatic heterocycles. The highest BCUT2D eigenvalue weighted by atomic mass is 127. The Labute approximate surface area is 213 Å². The maximum atomic E-state index is 7.69. The molecule has 1 atom stereocenters. The number of halogens is 1. The highest BCUT2D eigenvalue weighted by molar-refractivity contribution is 14.1. The molecule has 0 aliphatic carbocycles. The third-order valence-corrected chi connectivity index (χ3v) is 12.3. The molecule has 4 heteroatoms. The molecule has 0 saturated heterocycles. The molecule has 0 fully saturated rings. The minimum atomic E-state index is -2.71. The van der Waals surface area contributed by atoms with Crippen molar-refractivity contribution in [2.75, 3.05) is 0 Å². The molecule has 0 bridgehead atoms. The van der Waals surface area contributed by atoms with Crippen molar-refractivity contribution in [3.63, 3.8) is 0 Å². The molecule has 1 heterocycles. The zero-order valence-electron chi connectivity index (χ0n) is 20.4. The van der Waals surface area contributed by atoms with Gasteiger partial charge in [-0.25, -0.2) is 0 Å². The molecular weight excluding hydrogens is 533 g/mol. The summed E-state index contributed by atoms with van der Waals surface area (Å²) >= 11 is 2.45. The number of aromatic amines is 1. The Morgan fingerprint density at radius 3 is 1.70 bits per heavy atom. The molecule has 172 valence electrons. The average molecular weight is 568 g/mol. The molecule has 0 amide bonds. The van der Waals surface area contributed by atoms with Crippen molar-refractivity contribution in [1.82, 2.24) is 4.98 Å². The summed E-state index contributed by atoms with van der Waals surface area (Å²) < 4.78 is 8.85. The van der Waals surface area contributed by atoms with E-state index in [2.05, 4.69) is 154 Å². The molecule has 0 radical (unpaired) electrons. The van der Waals surface area contributed by atoms with Crippen LogP contribution in [0.4, 0.5) is 0 Å². The van der Waals surface area contributed by atoms with Crippen LogP contribution in [-0.2, 0) is 4.43 Å².